The second kappa shape index (κ2) is 4.95. The van der Waals surface area contributed by atoms with Crippen molar-refractivity contribution in [2.45, 2.75) is 6.42 Å². The second-order valence-electron chi connectivity index (χ2n) is 2.83. The van der Waals surface area contributed by atoms with Crippen LogP contribution in [0.3, 0.4) is 0 Å². The van der Waals surface area contributed by atoms with Gasteiger partial charge in [0.25, 0.3) is 0 Å². The number of hydrogen-bond donors (Lipinski definition) is 1. The lowest BCUT2D eigenvalue weighted by molar-refractivity contribution is 0.484. The van der Waals surface area contributed by atoms with Gasteiger partial charge in [-0.25, -0.2) is 8.42 Å². The lowest BCUT2D eigenvalue weighted by Gasteiger charge is -2.05. The van der Waals surface area contributed by atoms with Crippen LogP contribution in [-0.4, -0.2) is 20.8 Å². The van der Waals surface area contributed by atoms with Crippen LogP contribution in [0, 0.1) is 0 Å². The molecule has 0 unspecified atom stereocenters. The van der Waals surface area contributed by atoms with Gasteiger partial charge in [-0.15, -0.1) is 0 Å². The molecule has 0 aromatic heterocycles. The minimum absolute atomic E-state index is 0.0299. The zero-order chi connectivity index (χ0) is 10.4. The Hall–Kier alpha value is -1.10. The molecular weight excluding hydrogens is 204 g/mol. The molecular formula is C9H12FNO2S. The van der Waals surface area contributed by atoms with E-state index in [1.165, 1.54) is 0 Å². The molecule has 0 heterocycles. The minimum Gasteiger partial charge on any atom is -0.284 e. The number of para-hydroxylation sites is 1. The third-order valence-electron chi connectivity index (χ3n) is 1.59. The highest BCUT2D eigenvalue weighted by atomic mass is 32.2. The summed E-state index contributed by atoms with van der Waals surface area (Å²) in [6, 6.07) is 8.54. The lowest BCUT2D eigenvalue weighted by Crippen LogP contribution is -2.16. The molecule has 1 aromatic carbocycles. The summed E-state index contributed by atoms with van der Waals surface area (Å²) in [6.07, 6.45) is 0.0299. The summed E-state index contributed by atoms with van der Waals surface area (Å²) in [7, 11) is -3.39. The zero-order valence-electron chi connectivity index (χ0n) is 7.61. The number of sulfonamides is 1. The van der Waals surface area contributed by atoms with Gasteiger partial charge in [-0.1, -0.05) is 18.2 Å². The third-order valence-corrected chi connectivity index (χ3v) is 2.97. The summed E-state index contributed by atoms with van der Waals surface area (Å²) in [6.45, 7) is -0.615. The molecule has 0 aliphatic heterocycles. The van der Waals surface area contributed by atoms with Crippen molar-refractivity contribution in [3.63, 3.8) is 0 Å². The highest BCUT2D eigenvalue weighted by molar-refractivity contribution is 7.92. The number of nitrogens with one attached hydrogen (secondary N) is 1. The molecule has 0 bridgehead atoms. The van der Waals surface area contributed by atoms with Gasteiger partial charge < -0.3 is 0 Å². The summed E-state index contributed by atoms with van der Waals surface area (Å²) in [5.41, 5.74) is 0.506. The second-order valence-corrected chi connectivity index (χ2v) is 4.67. The van der Waals surface area contributed by atoms with Crippen LogP contribution in [-0.2, 0) is 10.0 Å². The largest absolute Gasteiger partial charge is 0.284 e. The van der Waals surface area contributed by atoms with Crippen molar-refractivity contribution >= 4 is 15.7 Å². The highest BCUT2D eigenvalue weighted by Crippen LogP contribution is 2.08. The van der Waals surface area contributed by atoms with E-state index < -0.39 is 16.7 Å². The van der Waals surface area contributed by atoms with Crippen molar-refractivity contribution in [3.8, 4) is 0 Å². The Morgan fingerprint density at radius 2 is 1.86 bits per heavy atom. The Morgan fingerprint density at radius 3 is 2.43 bits per heavy atom. The van der Waals surface area contributed by atoms with Gasteiger partial charge in [-0.3, -0.25) is 9.11 Å². The van der Waals surface area contributed by atoms with E-state index in [1.807, 2.05) is 0 Å². The van der Waals surface area contributed by atoms with Gasteiger partial charge in [0.1, 0.15) is 0 Å². The Morgan fingerprint density at radius 1 is 1.21 bits per heavy atom. The first-order chi connectivity index (χ1) is 6.64. The average Bonchev–Trinajstić information content (AvgIpc) is 2.16. The monoisotopic (exact) mass is 216 g/mol. The van der Waals surface area contributed by atoms with Crippen molar-refractivity contribution in [2.75, 3.05) is 17.1 Å². The van der Waals surface area contributed by atoms with E-state index in [1.54, 1.807) is 30.3 Å². The van der Waals surface area contributed by atoms with Gasteiger partial charge in [-0.05, 0) is 18.6 Å². The predicted octanol–water partition coefficient (Wildman–Crippen LogP) is 1.79. The molecule has 5 heteroatoms. The van der Waals surface area contributed by atoms with Crippen LogP contribution in [0.15, 0.2) is 30.3 Å². The van der Waals surface area contributed by atoms with Crippen molar-refractivity contribution in [1.82, 2.24) is 0 Å². The molecule has 0 radical (unpaired) electrons. The highest BCUT2D eigenvalue weighted by Gasteiger charge is 2.08. The molecule has 0 fully saturated rings. The number of alkyl halides is 1. The number of hydrogen-bond acceptors (Lipinski definition) is 2. The van der Waals surface area contributed by atoms with Gasteiger partial charge >= 0.3 is 0 Å². The number of anilines is 1. The third kappa shape index (κ3) is 3.74. The van der Waals surface area contributed by atoms with Crippen LogP contribution in [0.25, 0.3) is 0 Å². The topological polar surface area (TPSA) is 46.2 Å². The molecule has 0 spiro atoms. The maximum Gasteiger partial charge on any atom is 0.232 e. The Balaban J connectivity index is 2.60. The van der Waals surface area contributed by atoms with Crippen LogP contribution >= 0.6 is 0 Å². The summed E-state index contributed by atoms with van der Waals surface area (Å²) in [5, 5.41) is 0. The summed E-state index contributed by atoms with van der Waals surface area (Å²) in [4.78, 5) is 0. The smallest absolute Gasteiger partial charge is 0.232 e. The molecule has 3 nitrogen and oxygen atoms in total. The molecule has 1 aromatic rings. The van der Waals surface area contributed by atoms with Crippen molar-refractivity contribution in [1.29, 1.82) is 0 Å². The quantitative estimate of drug-likeness (QED) is 0.815. The van der Waals surface area contributed by atoms with E-state index in [0.717, 1.165) is 0 Å². The van der Waals surface area contributed by atoms with Crippen molar-refractivity contribution in [3.05, 3.63) is 30.3 Å². The molecule has 1 N–H and O–H groups in total. The van der Waals surface area contributed by atoms with Crippen LogP contribution in [0.4, 0.5) is 10.1 Å². The van der Waals surface area contributed by atoms with E-state index in [4.69, 9.17) is 0 Å². The SMILES string of the molecule is O=S(=O)(CCC[18F])Nc1ccccc1. The molecule has 0 aliphatic rings. The van der Waals surface area contributed by atoms with E-state index >= 15 is 0 Å². The fourth-order valence-electron chi connectivity index (χ4n) is 0.981. The van der Waals surface area contributed by atoms with Crippen LogP contribution in [0.5, 0.6) is 0 Å². The number of rotatable bonds is 5. The number of benzene rings is 1. The summed E-state index contributed by atoms with van der Waals surface area (Å²) < 4.78 is 36.7. The van der Waals surface area contributed by atoms with Gasteiger partial charge in [0.15, 0.2) is 0 Å². The lowest BCUT2D eigenvalue weighted by atomic mass is 10.3. The molecule has 0 saturated carbocycles. The van der Waals surface area contributed by atoms with E-state index in [-0.39, 0.29) is 12.2 Å². The van der Waals surface area contributed by atoms with Crippen molar-refractivity contribution in [2.24, 2.45) is 0 Å². The maximum absolute atomic E-state index is 11.8. The molecule has 78 valence electrons. The Kier molecular flexibility index (Phi) is 3.88. The fraction of sp³-hybridized carbons (Fsp3) is 0.333. The van der Waals surface area contributed by atoms with Gasteiger partial charge in [0.05, 0.1) is 12.4 Å². The molecule has 0 saturated heterocycles. The standard InChI is InChI=1S/C9H12FNO2S/c10-7-4-8-14(12,13)11-9-5-2-1-3-6-9/h1-3,5-6,11H,4,7-8H2/i10-1. The van der Waals surface area contributed by atoms with Crippen LogP contribution in [0.2, 0.25) is 0 Å². The van der Waals surface area contributed by atoms with E-state index in [2.05, 4.69) is 4.72 Å². The van der Waals surface area contributed by atoms with Gasteiger partial charge in [0.2, 0.25) is 10.0 Å². The minimum atomic E-state index is -3.39. The first-order valence-corrected chi connectivity index (χ1v) is 5.91. The molecule has 0 amide bonds. The molecule has 1 rings (SSSR count). The Labute approximate surface area is 83.0 Å². The molecule has 0 aliphatic carbocycles. The van der Waals surface area contributed by atoms with E-state index in [9.17, 15) is 12.8 Å². The fourth-order valence-corrected chi connectivity index (χ4v) is 2.07. The normalized spacial score (nSPS) is 11.2. The average molecular weight is 216 g/mol. The maximum atomic E-state index is 11.8. The van der Waals surface area contributed by atoms with Crippen LogP contribution < -0.4 is 4.72 Å². The predicted molar refractivity (Wildman–Crippen MR) is 54.4 cm³/mol. The Bertz CT molecular complexity index is 364. The van der Waals surface area contributed by atoms with Crippen LogP contribution in [0.1, 0.15) is 6.42 Å². The number of halogens is 1. The molecule has 0 atom stereocenters. The summed E-state index contributed by atoms with van der Waals surface area (Å²) >= 11 is 0. The van der Waals surface area contributed by atoms with E-state index in [0.29, 0.717) is 5.69 Å². The van der Waals surface area contributed by atoms with Gasteiger partial charge in [-0.2, -0.15) is 0 Å². The first kappa shape index (κ1) is 11.0. The summed E-state index contributed by atoms with van der Waals surface area (Å²) in [5.74, 6) is -0.182. The van der Waals surface area contributed by atoms with Gasteiger partial charge in [0, 0.05) is 5.69 Å². The van der Waals surface area contributed by atoms with Crippen molar-refractivity contribution < 1.29 is 12.8 Å². The first-order valence-electron chi connectivity index (χ1n) is 4.25. The zero-order valence-corrected chi connectivity index (χ0v) is 8.43. The molecule has 14 heavy (non-hydrogen) atoms.